The molecule has 1 saturated heterocycles. The van der Waals surface area contributed by atoms with E-state index in [2.05, 4.69) is 10.6 Å². The van der Waals surface area contributed by atoms with Gasteiger partial charge in [0.1, 0.15) is 5.75 Å². The highest BCUT2D eigenvalue weighted by atomic mass is 16.5. The average molecular weight is 453 g/mol. The van der Waals surface area contributed by atoms with Gasteiger partial charge in [0, 0.05) is 24.4 Å². The molecule has 0 aliphatic carbocycles. The number of ether oxygens (including phenoxy) is 3. The molecule has 1 atom stereocenters. The van der Waals surface area contributed by atoms with Crippen LogP contribution in [0.2, 0.25) is 0 Å². The summed E-state index contributed by atoms with van der Waals surface area (Å²) in [7, 11) is 0. The summed E-state index contributed by atoms with van der Waals surface area (Å²) in [4.78, 5) is 39.6. The normalized spacial score (nSPS) is 18.5. The minimum Gasteiger partial charge on any atom is -0.483 e. The SMILES string of the molecule is CCOC(=O)C1=C(C)NC(=O)N[C@@H]1c1c(OCC(=O)N2CCOCC2)ccc2ccccc12. The Labute approximate surface area is 191 Å². The topological polar surface area (TPSA) is 106 Å². The third kappa shape index (κ3) is 4.78. The Morgan fingerprint density at radius 1 is 1.15 bits per heavy atom. The molecule has 0 radical (unpaired) electrons. The molecule has 33 heavy (non-hydrogen) atoms. The van der Waals surface area contributed by atoms with Gasteiger partial charge in [0.15, 0.2) is 6.61 Å². The van der Waals surface area contributed by atoms with Crippen molar-refractivity contribution in [2.45, 2.75) is 19.9 Å². The summed E-state index contributed by atoms with van der Waals surface area (Å²) in [5.41, 5.74) is 1.29. The molecule has 0 spiro atoms. The maximum absolute atomic E-state index is 12.8. The molecule has 2 aromatic rings. The average Bonchev–Trinajstić information content (AvgIpc) is 2.82. The monoisotopic (exact) mass is 453 g/mol. The molecule has 174 valence electrons. The number of hydrogen-bond donors (Lipinski definition) is 2. The van der Waals surface area contributed by atoms with Gasteiger partial charge in [-0.1, -0.05) is 30.3 Å². The highest BCUT2D eigenvalue weighted by Gasteiger charge is 2.35. The zero-order valence-electron chi connectivity index (χ0n) is 18.7. The molecule has 2 heterocycles. The summed E-state index contributed by atoms with van der Waals surface area (Å²) in [6.07, 6.45) is 0. The second kappa shape index (κ2) is 9.91. The van der Waals surface area contributed by atoms with Crippen LogP contribution in [0, 0.1) is 0 Å². The van der Waals surface area contributed by atoms with Crippen LogP contribution in [0.15, 0.2) is 47.7 Å². The maximum Gasteiger partial charge on any atom is 0.338 e. The van der Waals surface area contributed by atoms with E-state index in [9.17, 15) is 14.4 Å². The third-order valence-electron chi connectivity index (χ3n) is 5.70. The second-order valence-corrected chi connectivity index (χ2v) is 7.77. The van der Waals surface area contributed by atoms with Crippen molar-refractivity contribution >= 4 is 28.7 Å². The van der Waals surface area contributed by atoms with Crippen LogP contribution in [0.1, 0.15) is 25.5 Å². The van der Waals surface area contributed by atoms with Crippen molar-refractivity contribution in [1.82, 2.24) is 15.5 Å². The van der Waals surface area contributed by atoms with Crippen molar-refractivity contribution in [3.05, 3.63) is 53.2 Å². The molecule has 9 heteroatoms. The number of fused-ring (bicyclic) bond motifs is 1. The van der Waals surface area contributed by atoms with E-state index in [0.29, 0.717) is 43.3 Å². The van der Waals surface area contributed by atoms with Gasteiger partial charge in [0.2, 0.25) is 0 Å². The number of allylic oxidation sites excluding steroid dienone is 1. The number of morpholine rings is 1. The number of nitrogens with zero attached hydrogens (tertiary/aromatic N) is 1. The maximum atomic E-state index is 12.8. The van der Waals surface area contributed by atoms with Gasteiger partial charge in [-0.25, -0.2) is 9.59 Å². The molecule has 1 fully saturated rings. The van der Waals surface area contributed by atoms with Crippen molar-refractivity contribution in [2.24, 2.45) is 0 Å². The molecule has 4 rings (SSSR count). The number of benzene rings is 2. The summed E-state index contributed by atoms with van der Waals surface area (Å²) in [5, 5.41) is 7.19. The lowest BCUT2D eigenvalue weighted by atomic mass is 9.90. The van der Waals surface area contributed by atoms with Gasteiger partial charge in [-0.3, -0.25) is 4.79 Å². The van der Waals surface area contributed by atoms with Crippen molar-refractivity contribution in [3.63, 3.8) is 0 Å². The molecule has 2 aliphatic heterocycles. The van der Waals surface area contributed by atoms with E-state index in [-0.39, 0.29) is 24.7 Å². The number of hydrogen-bond acceptors (Lipinski definition) is 6. The molecule has 2 aromatic carbocycles. The smallest absolute Gasteiger partial charge is 0.338 e. The van der Waals surface area contributed by atoms with Gasteiger partial charge in [0.25, 0.3) is 5.91 Å². The number of urea groups is 1. The molecule has 3 amide bonds. The predicted molar refractivity (Wildman–Crippen MR) is 121 cm³/mol. The molecular formula is C24H27N3O6. The first-order valence-electron chi connectivity index (χ1n) is 10.9. The lowest BCUT2D eigenvalue weighted by molar-refractivity contribution is -0.139. The Balaban J connectivity index is 1.74. The van der Waals surface area contributed by atoms with Gasteiger partial charge >= 0.3 is 12.0 Å². The Hall–Kier alpha value is -3.59. The van der Waals surface area contributed by atoms with Crippen LogP contribution in [0.4, 0.5) is 4.79 Å². The number of nitrogens with one attached hydrogen (secondary N) is 2. The van der Waals surface area contributed by atoms with E-state index in [4.69, 9.17) is 14.2 Å². The predicted octanol–water partition coefficient (Wildman–Crippen LogP) is 2.27. The van der Waals surface area contributed by atoms with Crippen molar-refractivity contribution < 1.29 is 28.6 Å². The molecule has 0 aromatic heterocycles. The third-order valence-corrected chi connectivity index (χ3v) is 5.70. The van der Waals surface area contributed by atoms with Crippen LogP contribution in [0.5, 0.6) is 5.75 Å². The zero-order chi connectivity index (χ0) is 23.4. The number of amides is 3. The molecule has 2 N–H and O–H groups in total. The Kier molecular flexibility index (Phi) is 6.79. The molecule has 2 aliphatic rings. The van der Waals surface area contributed by atoms with E-state index >= 15 is 0 Å². The lowest BCUT2D eigenvalue weighted by Crippen LogP contribution is -2.45. The van der Waals surface area contributed by atoms with Crippen molar-refractivity contribution in [3.8, 4) is 5.75 Å². The van der Waals surface area contributed by atoms with E-state index in [1.165, 1.54) is 0 Å². The van der Waals surface area contributed by atoms with Crippen molar-refractivity contribution in [1.29, 1.82) is 0 Å². The largest absolute Gasteiger partial charge is 0.483 e. The Bertz CT molecular complexity index is 1110. The zero-order valence-corrected chi connectivity index (χ0v) is 18.7. The number of esters is 1. The fraction of sp³-hybridized carbons (Fsp3) is 0.375. The Morgan fingerprint density at radius 2 is 1.91 bits per heavy atom. The van der Waals surface area contributed by atoms with E-state index in [0.717, 1.165) is 10.8 Å². The van der Waals surface area contributed by atoms with Crippen LogP contribution >= 0.6 is 0 Å². The van der Waals surface area contributed by atoms with Gasteiger partial charge in [-0.05, 0) is 30.7 Å². The van der Waals surface area contributed by atoms with Crippen LogP contribution in [-0.4, -0.2) is 62.3 Å². The standard InChI is InChI=1S/C24H27N3O6/c1-3-32-23(29)20-15(2)25-24(30)26-22(20)21-17-7-5-4-6-16(17)8-9-18(21)33-14-19(28)27-10-12-31-13-11-27/h4-9,22H,3,10-14H2,1-2H3,(H2,25,26,30)/t22-/m0/s1. The fourth-order valence-electron chi connectivity index (χ4n) is 4.13. The van der Waals surface area contributed by atoms with E-state index < -0.39 is 18.0 Å². The van der Waals surface area contributed by atoms with Gasteiger partial charge in [-0.15, -0.1) is 0 Å². The first-order chi connectivity index (χ1) is 16.0. The summed E-state index contributed by atoms with van der Waals surface area (Å²) in [6.45, 7) is 5.46. The highest BCUT2D eigenvalue weighted by Crippen LogP contribution is 2.38. The number of rotatable bonds is 6. The number of carbonyl (C=O) groups excluding carboxylic acids is 3. The summed E-state index contributed by atoms with van der Waals surface area (Å²) >= 11 is 0. The van der Waals surface area contributed by atoms with E-state index in [1.807, 2.05) is 30.3 Å². The second-order valence-electron chi connectivity index (χ2n) is 7.77. The van der Waals surface area contributed by atoms with Crippen molar-refractivity contribution in [2.75, 3.05) is 39.5 Å². The van der Waals surface area contributed by atoms with Crippen LogP contribution in [-0.2, 0) is 19.1 Å². The molecule has 0 unspecified atom stereocenters. The molecule has 0 bridgehead atoms. The van der Waals surface area contributed by atoms with E-state index in [1.54, 1.807) is 24.8 Å². The van der Waals surface area contributed by atoms with Crippen LogP contribution < -0.4 is 15.4 Å². The van der Waals surface area contributed by atoms with Gasteiger partial charge in [-0.2, -0.15) is 0 Å². The number of carbonyl (C=O) groups is 3. The first kappa shape index (κ1) is 22.6. The summed E-state index contributed by atoms with van der Waals surface area (Å²) in [5.74, 6) is -0.267. The first-order valence-corrected chi connectivity index (χ1v) is 10.9. The fourth-order valence-corrected chi connectivity index (χ4v) is 4.13. The lowest BCUT2D eigenvalue weighted by Gasteiger charge is -2.30. The molecular weight excluding hydrogens is 426 g/mol. The molecule has 9 nitrogen and oxygen atoms in total. The Morgan fingerprint density at radius 3 is 2.67 bits per heavy atom. The molecule has 0 saturated carbocycles. The minimum absolute atomic E-state index is 0.149. The minimum atomic E-state index is -0.808. The summed E-state index contributed by atoms with van der Waals surface area (Å²) in [6, 6.07) is 10.0. The van der Waals surface area contributed by atoms with Crippen LogP contribution in [0.3, 0.4) is 0 Å². The van der Waals surface area contributed by atoms with Crippen LogP contribution in [0.25, 0.3) is 10.8 Å². The van der Waals surface area contributed by atoms with Gasteiger partial charge in [0.05, 0.1) is 31.4 Å². The van der Waals surface area contributed by atoms with Gasteiger partial charge < -0.3 is 29.7 Å². The highest BCUT2D eigenvalue weighted by molar-refractivity contribution is 5.98. The summed E-state index contributed by atoms with van der Waals surface area (Å²) < 4.78 is 16.6. The quantitative estimate of drug-likeness (QED) is 0.650.